The summed E-state index contributed by atoms with van der Waals surface area (Å²) in [6.45, 7) is -2.62. The lowest BCUT2D eigenvalue weighted by molar-refractivity contribution is -0.135. The molecule has 1 saturated carbocycles. The minimum absolute atomic E-state index is 0.0365. The van der Waals surface area contributed by atoms with Gasteiger partial charge in [0.25, 0.3) is 0 Å². The number of carbonyl (C=O) groups is 1. The van der Waals surface area contributed by atoms with Crippen molar-refractivity contribution >= 4 is 5.91 Å². The van der Waals surface area contributed by atoms with Gasteiger partial charge in [0.1, 0.15) is 0 Å². The predicted molar refractivity (Wildman–Crippen MR) is 86.0 cm³/mol. The molecule has 0 heterocycles. The largest absolute Gasteiger partial charge is 0.493 e. The summed E-state index contributed by atoms with van der Waals surface area (Å²) in [6.07, 6.45) is 3.46. The van der Waals surface area contributed by atoms with E-state index in [0.29, 0.717) is 18.5 Å². The minimum atomic E-state index is -2.93. The molecule has 0 bridgehead atoms. The number of amides is 1. The van der Waals surface area contributed by atoms with E-state index in [4.69, 9.17) is 10.5 Å². The highest BCUT2D eigenvalue weighted by Crippen LogP contribution is 2.30. The molecule has 0 spiro atoms. The number of hydrogen-bond donors (Lipinski definition) is 1. The first-order valence-electron chi connectivity index (χ1n) is 8.03. The lowest BCUT2D eigenvalue weighted by Crippen LogP contribution is -2.38. The van der Waals surface area contributed by atoms with Crippen molar-refractivity contribution in [2.75, 3.05) is 14.2 Å². The van der Waals surface area contributed by atoms with Crippen LogP contribution in [0, 0.1) is 5.92 Å². The fourth-order valence-electron chi connectivity index (χ4n) is 3.12. The number of methoxy groups -OCH3 is 1. The summed E-state index contributed by atoms with van der Waals surface area (Å²) in [5.41, 5.74) is 6.64. The maximum absolute atomic E-state index is 12.5. The van der Waals surface area contributed by atoms with E-state index >= 15 is 0 Å². The van der Waals surface area contributed by atoms with Crippen LogP contribution < -0.4 is 15.2 Å². The normalized spacial score (nSPS) is 20.8. The molecule has 1 fully saturated rings. The Balaban J connectivity index is 2.05. The first-order valence-corrected chi connectivity index (χ1v) is 8.03. The standard InChI is InChI=1S/C17H24F2N2O3/c1-21(16(22)12-4-3-5-13(20)9-12)10-11-6-7-14(23-2)15(8-11)24-17(18)19/h6-8,12-13,17H,3-5,9-10,20H2,1-2H3. The summed E-state index contributed by atoms with van der Waals surface area (Å²) in [5, 5.41) is 0. The second-order valence-corrected chi connectivity index (χ2v) is 6.18. The summed E-state index contributed by atoms with van der Waals surface area (Å²) in [4.78, 5) is 14.1. The zero-order valence-corrected chi connectivity index (χ0v) is 14.0. The minimum Gasteiger partial charge on any atom is -0.493 e. The monoisotopic (exact) mass is 342 g/mol. The first-order chi connectivity index (χ1) is 11.4. The molecule has 2 N–H and O–H groups in total. The zero-order valence-electron chi connectivity index (χ0n) is 14.0. The van der Waals surface area contributed by atoms with Crippen LogP contribution in [-0.4, -0.2) is 37.6 Å². The van der Waals surface area contributed by atoms with E-state index in [1.165, 1.54) is 13.2 Å². The van der Waals surface area contributed by atoms with Gasteiger partial charge in [-0.1, -0.05) is 12.5 Å². The van der Waals surface area contributed by atoms with Crippen molar-refractivity contribution in [1.82, 2.24) is 4.90 Å². The van der Waals surface area contributed by atoms with Crippen LogP contribution in [0.25, 0.3) is 0 Å². The topological polar surface area (TPSA) is 64.8 Å². The van der Waals surface area contributed by atoms with Gasteiger partial charge in [-0.25, -0.2) is 0 Å². The summed E-state index contributed by atoms with van der Waals surface area (Å²) >= 11 is 0. The number of carbonyl (C=O) groups excluding carboxylic acids is 1. The van der Waals surface area contributed by atoms with Gasteiger partial charge in [-0.3, -0.25) is 4.79 Å². The van der Waals surface area contributed by atoms with E-state index in [-0.39, 0.29) is 29.4 Å². The average Bonchev–Trinajstić information content (AvgIpc) is 2.54. The van der Waals surface area contributed by atoms with Gasteiger partial charge < -0.3 is 20.1 Å². The highest BCUT2D eigenvalue weighted by atomic mass is 19.3. The van der Waals surface area contributed by atoms with Crippen LogP contribution in [-0.2, 0) is 11.3 Å². The van der Waals surface area contributed by atoms with Crippen LogP contribution >= 0.6 is 0 Å². The Kier molecular flexibility index (Phi) is 6.36. The van der Waals surface area contributed by atoms with E-state index in [1.807, 2.05) is 0 Å². The molecule has 0 aromatic heterocycles. The molecular weight excluding hydrogens is 318 g/mol. The molecule has 0 saturated heterocycles. The second kappa shape index (κ2) is 8.28. The van der Waals surface area contributed by atoms with Crippen LogP contribution in [0.2, 0.25) is 0 Å². The quantitative estimate of drug-likeness (QED) is 0.863. The van der Waals surface area contributed by atoms with Crippen LogP contribution in [0.4, 0.5) is 8.78 Å². The van der Waals surface area contributed by atoms with Crippen molar-refractivity contribution in [3.8, 4) is 11.5 Å². The fourth-order valence-corrected chi connectivity index (χ4v) is 3.12. The van der Waals surface area contributed by atoms with Crippen LogP contribution in [0.5, 0.6) is 11.5 Å². The summed E-state index contributed by atoms with van der Waals surface area (Å²) < 4.78 is 34.4. The van der Waals surface area contributed by atoms with E-state index in [2.05, 4.69) is 4.74 Å². The molecule has 24 heavy (non-hydrogen) atoms. The molecule has 0 radical (unpaired) electrons. The third-order valence-electron chi connectivity index (χ3n) is 4.30. The molecule has 7 heteroatoms. The summed E-state index contributed by atoms with van der Waals surface area (Å²) in [7, 11) is 3.09. The molecule has 2 unspecified atom stereocenters. The molecule has 2 rings (SSSR count). The van der Waals surface area contributed by atoms with Crippen LogP contribution in [0.3, 0.4) is 0 Å². The Hall–Kier alpha value is -1.89. The van der Waals surface area contributed by atoms with E-state index in [0.717, 1.165) is 19.3 Å². The Morgan fingerprint density at radius 1 is 1.38 bits per heavy atom. The average molecular weight is 342 g/mol. The zero-order chi connectivity index (χ0) is 17.7. The molecule has 5 nitrogen and oxygen atoms in total. The molecule has 1 aliphatic rings. The summed E-state index contributed by atoms with van der Waals surface area (Å²) in [6, 6.07) is 4.84. The number of alkyl halides is 2. The number of nitrogens with zero attached hydrogens (tertiary/aromatic N) is 1. The smallest absolute Gasteiger partial charge is 0.387 e. The van der Waals surface area contributed by atoms with Crippen LogP contribution in [0.1, 0.15) is 31.2 Å². The molecule has 0 aliphatic heterocycles. The van der Waals surface area contributed by atoms with Crippen LogP contribution in [0.15, 0.2) is 18.2 Å². The van der Waals surface area contributed by atoms with Gasteiger partial charge in [-0.2, -0.15) is 8.78 Å². The summed E-state index contributed by atoms with van der Waals surface area (Å²) in [5.74, 6) is 0.169. The van der Waals surface area contributed by atoms with E-state index in [9.17, 15) is 13.6 Å². The van der Waals surface area contributed by atoms with Gasteiger partial charge in [0.15, 0.2) is 11.5 Å². The van der Waals surface area contributed by atoms with Crippen molar-refractivity contribution in [2.45, 2.75) is 44.9 Å². The third kappa shape index (κ3) is 4.80. The molecule has 1 amide bonds. The van der Waals surface area contributed by atoms with Crippen molar-refractivity contribution in [2.24, 2.45) is 11.7 Å². The number of rotatable bonds is 6. The molecule has 2 atom stereocenters. The maximum atomic E-state index is 12.5. The Bertz CT molecular complexity index is 569. The molecule has 1 aliphatic carbocycles. The fraction of sp³-hybridized carbons (Fsp3) is 0.588. The Labute approximate surface area is 140 Å². The van der Waals surface area contributed by atoms with Crippen molar-refractivity contribution < 1.29 is 23.0 Å². The number of nitrogens with two attached hydrogens (primary N) is 1. The van der Waals surface area contributed by atoms with Crippen molar-refractivity contribution in [1.29, 1.82) is 0 Å². The van der Waals surface area contributed by atoms with Gasteiger partial charge in [0.2, 0.25) is 5.91 Å². The Morgan fingerprint density at radius 2 is 2.12 bits per heavy atom. The molecular formula is C17H24F2N2O3. The highest BCUT2D eigenvalue weighted by Gasteiger charge is 2.27. The predicted octanol–water partition coefficient (Wildman–Crippen LogP) is 2.77. The number of ether oxygens (including phenoxy) is 2. The lowest BCUT2D eigenvalue weighted by atomic mass is 9.85. The van der Waals surface area contributed by atoms with Gasteiger partial charge >= 0.3 is 6.61 Å². The van der Waals surface area contributed by atoms with E-state index in [1.54, 1.807) is 24.1 Å². The SMILES string of the molecule is COc1ccc(CN(C)C(=O)C2CCCC(N)C2)cc1OC(F)F. The number of benzene rings is 1. The maximum Gasteiger partial charge on any atom is 0.387 e. The third-order valence-corrected chi connectivity index (χ3v) is 4.30. The van der Waals surface area contributed by atoms with Gasteiger partial charge in [-0.05, 0) is 37.0 Å². The van der Waals surface area contributed by atoms with Gasteiger partial charge in [-0.15, -0.1) is 0 Å². The van der Waals surface area contributed by atoms with Gasteiger partial charge in [0.05, 0.1) is 7.11 Å². The highest BCUT2D eigenvalue weighted by molar-refractivity contribution is 5.78. The Morgan fingerprint density at radius 3 is 2.75 bits per heavy atom. The first kappa shape index (κ1) is 18.4. The van der Waals surface area contributed by atoms with Crippen molar-refractivity contribution in [3.63, 3.8) is 0 Å². The van der Waals surface area contributed by atoms with Crippen molar-refractivity contribution in [3.05, 3.63) is 23.8 Å². The second-order valence-electron chi connectivity index (χ2n) is 6.18. The molecule has 134 valence electrons. The molecule has 1 aromatic rings. The lowest BCUT2D eigenvalue weighted by Gasteiger charge is -2.29. The number of halogens is 2. The van der Waals surface area contributed by atoms with E-state index < -0.39 is 6.61 Å². The van der Waals surface area contributed by atoms with Gasteiger partial charge in [0, 0.05) is 25.6 Å². The number of hydrogen-bond acceptors (Lipinski definition) is 4. The molecule has 1 aromatic carbocycles.